The van der Waals surface area contributed by atoms with Gasteiger partial charge in [0.2, 0.25) is 0 Å². The summed E-state index contributed by atoms with van der Waals surface area (Å²) < 4.78 is 0. The fourth-order valence-electron chi connectivity index (χ4n) is 2.34. The summed E-state index contributed by atoms with van der Waals surface area (Å²) in [4.78, 5) is 0. The third kappa shape index (κ3) is 2.78. The van der Waals surface area contributed by atoms with Gasteiger partial charge >= 0.3 is 0 Å². The van der Waals surface area contributed by atoms with E-state index in [1.54, 1.807) is 0 Å². The molecule has 0 aromatic carbocycles. The molecule has 1 fully saturated rings. The van der Waals surface area contributed by atoms with E-state index in [9.17, 15) is 5.11 Å². The Morgan fingerprint density at radius 1 is 1.33 bits per heavy atom. The van der Waals surface area contributed by atoms with Crippen LogP contribution >= 0.6 is 0 Å². The highest BCUT2D eigenvalue weighted by Gasteiger charge is 2.27. The lowest BCUT2D eigenvalue weighted by atomic mass is 9.77. The summed E-state index contributed by atoms with van der Waals surface area (Å²) in [7, 11) is 0. The normalized spacial score (nSPS) is 37.2. The summed E-state index contributed by atoms with van der Waals surface area (Å²) in [6, 6.07) is 0. The molecule has 0 amide bonds. The Balaban J connectivity index is 2.38. The van der Waals surface area contributed by atoms with E-state index in [1.807, 2.05) is 0 Å². The molecule has 0 aromatic rings. The second kappa shape index (κ2) is 4.27. The van der Waals surface area contributed by atoms with Crippen molar-refractivity contribution in [2.45, 2.75) is 52.6 Å². The standard InChI is InChI=1S/C11H22O/c1-8(2)6-10-7-9(3)4-5-11(10)12/h8-12H,4-7H2,1-3H3. The van der Waals surface area contributed by atoms with Gasteiger partial charge in [-0.2, -0.15) is 0 Å². The van der Waals surface area contributed by atoms with Crippen molar-refractivity contribution in [1.82, 2.24) is 0 Å². The molecule has 1 aliphatic carbocycles. The van der Waals surface area contributed by atoms with Crippen LogP contribution in [0.3, 0.4) is 0 Å². The molecule has 3 unspecified atom stereocenters. The Hall–Kier alpha value is -0.0400. The topological polar surface area (TPSA) is 20.2 Å². The van der Waals surface area contributed by atoms with Gasteiger partial charge in [0.15, 0.2) is 0 Å². The predicted molar refractivity (Wildman–Crippen MR) is 52.0 cm³/mol. The van der Waals surface area contributed by atoms with Crippen LogP contribution in [0.5, 0.6) is 0 Å². The van der Waals surface area contributed by atoms with Crippen molar-refractivity contribution in [1.29, 1.82) is 0 Å². The Bertz CT molecular complexity index is 129. The summed E-state index contributed by atoms with van der Waals surface area (Å²) in [5, 5.41) is 9.74. The number of aliphatic hydroxyl groups is 1. The largest absolute Gasteiger partial charge is 0.393 e. The van der Waals surface area contributed by atoms with Gasteiger partial charge in [-0.15, -0.1) is 0 Å². The molecule has 72 valence electrons. The van der Waals surface area contributed by atoms with Gasteiger partial charge in [0.05, 0.1) is 6.10 Å². The Morgan fingerprint density at radius 3 is 2.58 bits per heavy atom. The van der Waals surface area contributed by atoms with Gasteiger partial charge in [-0.1, -0.05) is 20.8 Å². The van der Waals surface area contributed by atoms with E-state index in [1.165, 1.54) is 19.3 Å². The highest BCUT2D eigenvalue weighted by molar-refractivity contribution is 4.78. The zero-order chi connectivity index (χ0) is 9.14. The van der Waals surface area contributed by atoms with Gasteiger partial charge in [0.25, 0.3) is 0 Å². The molecule has 12 heavy (non-hydrogen) atoms. The molecule has 0 saturated heterocycles. The maximum absolute atomic E-state index is 9.74. The van der Waals surface area contributed by atoms with Crippen LogP contribution < -0.4 is 0 Å². The highest BCUT2D eigenvalue weighted by atomic mass is 16.3. The van der Waals surface area contributed by atoms with Gasteiger partial charge in [-0.05, 0) is 43.4 Å². The van der Waals surface area contributed by atoms with Crippen LogP contribution in [0.2, 0.25) is 0 Å². The monoisotopic (exact) mass is 170 g/mol. The van der Waals surface area contributed by atoms with Crippen molar-refractivity contribution in [3.8, 4) is 0 Å². The lowest BCUT2D eigenvalue weighted by molar-refractivity contribution is 0.0411. The van der Waals surface area contributed by atoms with Crippen molar-refractivity contribution in [2.75, 3.05) is 0 Å². The SMILES string of the molecule is CC(C)CC1CC(C)CCC1O. The summed E-state index contributed by atoms with van der Waals surface area (Å²) in [6.45, 7) is 6.79. The third-order valence-electron chi connectivity index (χ3n) is 2.98. The molecule has 1 heteroatoms. The van der Waals surface area contributed by atoms with Crippen LogP contribution in [0.1, 0.15) is 46.5 Å². The minimum absolute atomic E-state index is 0.0106. The second-order valence-electron chi connectivity index (χ2n) is 4.88. The minimum atomic E-state index is -0.0106. The summed E-state index contributed by atoms with van der Waals surface area (Å²) in [6.07, 6.45) is 4.67. The first kappa shape index (κ1) is 10.0. The molecule has 1 saturated carbocycles. The van der Waals surface area contributed by atoms with Crippen LogP contribution in [0.25, 0.3) is 0 Å². The van der Waals surface area contributed by atoms with Crippen molar-refractivity contribution in [3.63, 3.8) is 0 Å². The molecule has 0 spiro atoms. The van der Waals surface area contributed by atoms with E-state index >= 15 is 0 Å². The lowest BCUT2D eigenvalue weighted by Crippen LogP contribution is -2.29. The number of hydrogen-bond donors (Lipinski definition) is 1. The fourth-order valence-corrected chi connectivity index (χ4v) is 2.34. The molecule has 0 aromatic heterocycles. The molecule has 0 bridgehead atoms. The predicted octanol–water partition coefficient (Wildman–Crippen LogP) is 2.83. The van der Waals surface area contributed by atoms with Gasteiger partial charge in [0, 0.05) is 0 Å². The summed E-state index contributed by atoms with van der Waals surface area (Å²) in [5.41, 5.74) is 0. The first-order valence-corrected chi connectivity index (χ1v) is 5.27. The Morgan fingerprint density at radius 2 is 2.00 bits per heavy atom. The molecule has 1 aliphatic rings. The van der Waals surface area contributed by atoms with E-state index in [4.69, 9.17) is 0 Å². The van der Waals surface area contributed by atoms with Crippen LogP contribution in [-0.4, -0.2) is 11.2 Å². The van der Waals surface area contributed by atoms with E-state index in [-0.39, 0.29) is 6.10 Å². The zero-order valence-corrected chi connectivity index (χ0v) is 8.59. The van der Waals surface area contributed by atoms with Gasteiger partial charge < -0.3 is 5.11 Å². The van der Waals surface area contributed by atoms with E-state index in [2.05, 4.69) is 20.8 Å². The minimum Gasteiger partial charge on any atom is -0.393 e. The van der Waals surface area contributed by atoms with Crippen molar-refractivity contribution in [2.24, 2.45) is 17.8 Å². The molecule has 3 atom stereocenters. The van der Waals surface area contributed by atoms with Crippen molar-refractivity contribution >= 4 is 0 Å². The number of aliphatic hydroxyl groups excluding tert-OH is 1. The Kier molecular flexibility index (Phi) is 3.57. The van der Waals surface area contributed by atoms with Gasteiger partial charge in [-0.25, -0.2) is 0 Å². The molecule has 1 rings (SSSR count). The fraction of sp³-hybridized carbons (Fsp3) is 1.00. The highest BCUT2D eigenvalue weighted by Crippen LogP contribution is 2.32. The lowest BCUT2D eigenvalue weighted by Gasteiger charge is -2.32. The molecule has 1 nitrogen and oxygen atoms in total. The first-order chi connectivity index (χ1) is 5.59. The van der Waals surface area contributed by atoms with Gasteiger partial charge in [-0.3, -0.25) is 0 Å². The van der Waals surface area contributed by atoms with Crippen LogP contribution in [0.4, 0.5) is 0 Å². The molecule has 0 aliphatic heterocycles. The average Bonchev–Trinajstić information content (AvgIpc) is 1.96. The van der Waals surface area contributed by atoms with E-state index < -0.39 is 0 Å². The number of rotatable bonds is 2. The number of hydrogen-bond acceptors (Lipinski definition) is 1. The van der Waals surface area contributed by atoms with Crippen molar-refractivity contribution < 1.29 is 5.11 Å². The quantitative estimate of drug-likeness (QED) is 0.675. The molecule has 1 N–H and O–H groups in total. The van der Waals surface area contributed by atoms with Crippen LogP contribution in [0, 0.1) is 17.8 Å². The van der Waals surface area contributed by atoms with Crippen LogP contribution in [0.15, 0.2) is 0 Å². The van der Waals surface area contributed by atoms with Crippen molar-refractivity contribution in [3.05, 3.63) is 0 Å². The first-order valence-electron chi connectivity index (χ1n) is 5.27. The molecular formula is C11H22O. The third-order valence-corrected chi connectivity index (χ3v) is 2.98. The average molecular weight is 170 g/mol. The Labute approximate surface area is 76.2 Å². The van der Waals surface area contributed by atoms with Crippen LogP contribution in [-0.2, 0) is 0 Å². The molecular weight excluding hydrogens is 148 g/mol. The maximum atomic E-state index is 9.74. The van der Waals surface area contributed by atoms with E-state index in [0.717, 1.165) is 18.3 Å². The summed E-state index contributed by atoms with van der Waals surface area (Å²) in [5.74, 6) is 2.14. The smallest absolute Gasteiger partial charge is 0.0568 e. The van der Waals surface area contributed by atoms with E-state index in [0.29, 0.717) is 5.92 Å². The molecule has 0 heterocycles. The van der Waals surface area contributed by atoms with Gasteiger partial charge in [0.1, 0.15) is 0 Å². The molecule has 0 radical (unpaired) electrons. The second-order valence-corrected chi connectivity index (χ2v) is 4.88. The zero-order valence-electron chi connectivity index (χ0n) is 8.59. The summed E-state index contributed by atoms with van der Waals surface area (Å²) >= 11 is 0. The maximum Gasteiger partial charge on any atom is 0.0568 e.